The van der Waals surface area contributed by atoms with Crippen LogP contribution < -0.4 is 19.7 Å². The minimum absolute atomic E-state index is 0.340. The first-order chi connectivity index (χ1) is 18.6. The standard InChI is InChI=1S/C29H34N4O4S/c1-4-36-24-16-20(17-25(37-5-2)27(24)32-14-6-7-15-32)19-33(22-10-12-30-13-11-22)29-31-23-18-21(28(34)35-3)8-9-26(23)38-29/h6-9,14-18,22,30H,4-5,10-13,19H2,1-3H3. The minimum atomic E-state index is -0.355. The van der Waals surface area contributed by atoms with E-state index in [0.29, 0.717) is 31.4 Å². The monoisotopic (exact) mass is 534 g/mol. The van der Waals surface area contributed by atoms with Gasteiger partial charge in [-0.25, -0.2) is 9.78 Å². The van der Waals surface area contributed by atoms with Crippen LogP contribution in [0.3, 0.4) is 0 Å². The molecule has 0 unspecified atom stereocenters. The molecule has 1 N–H and O–H groups in total. The van der Waals surface area contributed by atoms with E-state index in [4.69, 9.17) is 19.2 Å². The first kappa shape index (κ1) is 26.1. The van der Waals surface area contributed by atoms with E-state index in [1.165, 1.54) is 7.11 Å². The van der Waals surface area contributed by atoms with E-state index >= 15 is 0 Å². The molecule has 2 aromatic carbocycles. The molecule has 4 aromatic rings. The van der Waals surface area contributed by atoms with E-state index in [9.17, 15) is 4.79 Å². The van der Waals surface area contributed by atoms with Crippen molar-refractivity contribution in [3.63, 3.8) is 0 Å². The molecule has 0 saturated carbocycles. The van der Waals surface area contributed by atoms with Crippen molar-refractivity contribution in [2.24, 2.45) is 0 Å². The Morgan fingerprint density at radius 1 is 1.08 bits per heavy atom. The van der Waals surface area contributed by atoms with Crippen LogP contribution in [0.5, 0.6) is 11.5 Å². The molecule has 0 amide bonds. The summed E-state index contributed by atoms with van der Waals surface area (Å²) in [7, 11) is 1.40. The summed E-state index contributed by atoms with van der Waals surface area (Å²) in [6.45, 7) is 7.72. The quantitative estimate of drug-likeness (QED) is 0.272. The van der Waals surface area contributed by atoms with Crippen molar-refractivity contribution in [3.8, 4) is 17.2 Å². The molecule has 0 aliphatic carbocycles. The van der Waals surface area contributed by atoms with Gasteiger partial charge in [0.05, 0.1) is 36.1 Å². The number of carbonyl (C=O) groups is 1. The number of nitrogens with zero attached hydrogens (tertiary/aromatic N) is 3. The molecule has 1 aliphatic rings. The van der Waals surface area contributed by atoms with Crippen molar-refractivity contribution in [2.45, 2.75) is 39.3 Å². The Hall–Kier alpha value is -3.56. The fourth-order valence-electron chi connectivity index (χ4n) is 4.95. The van der Waals surface area contributed by atoms with Crippen molar-refractivity contribution >= 4 is 32.7 Å². The lowest BCUT2D eigenvalue weighted by molar-refractivity contribution is 0.0601. The minimum Gasteiger partial charge on any atom is -0.492 e. The summed E-state index contributed by atoms with van der Waals surface area (Å²) < 4.78 is 20.2. The van der Waals surface area contributed by atoms with Crippen LogP contribution in [0.2, 0.25) is 0 Å². The number of nitrogens with one attached hydrogen (secondary N) is 1. The van der Waals surface area contributed by atoms with Gasteiger partial charge in [-0.05, 0) is 87.8 Å². The van der Waals surface area contributed by atoms with E-state index < -0.39 is 0 Å². The second-order valence-corrected chi connectivity index (χ2v) is 10.2. The number of hydrogen-bond donors (Lipinski definition) is 1. The maximum atomic E-state index is 12.1. The Labute approximate surface area is 227 Å². The molecule has 2 aromatic heterocycles. The van der Waals surface area contributed by atoms with Gasteiger partial charge in [0.2, 0.25) is 0 Å². The molecule has 0 spiro atoms. The number of methoxy groups -OCH3 is 1. The molecule has 200 valence electrons. The maximum Gasteiger partial charge on any atom is 0.337 e. The van der Waals surface area contributed by atoms with Crippen molar-refractivity contribution in [1.82, 2.24) is 14.9 Å². The second-order valence-electron chi connectivity index (χ2n) is 9.18. The van der Waals surface area contributed by atoms with Gasteiger partial charge in [0.1, 0.15) is 17.2 Å². The van der Waals surface area contributed by atoms with Crippen LogP contribution >= 0.6 is 11.3 Å². The number of aromatic nitrogens is 2. The summed E-state index contributed by atoms with van der Waals surface area (Å²) in [5.74, 6) is 1.23. The number of thiazole rings is 1. The zero-order valence-electron chi connectivity index (χ0n) is 22.1. The number of ether oxygens (including phenoxy) is 3. The molecule has 0 atom stereocenters. The van der Waals surface area contributed by atoms with Gasteiger partial charge in [0, 0.05) is 25.0 Å². The Balaban J connectivity index is 1.55. The van der Waals surface area contributed by atoms with Crippen LogP contribution in [0, 0.1) is 0 Å². The summed E-state index contributed by atoms with van der Waals surface area (Å²) in [6, 6.07) is 14.1. The van der Waals surface area contributed by atoms with E-state index in [-0.39, 0.29) is 5.97 Å². The summed E-state index contributed by atoms with van der Waals surface area (Å²) >= 11 is 1.65. The van der Waals surface area contributed by atoms with Crippen molar-refractivity contribution in [1.29, 1.82) is 0 Å². The van der Waals surface area contributed by atoms with Gasteiger partial charge in [-0.3, -0.25) is 0 Å². The molecule has 3 heterocycles. The molecule has 0 radical (unpaired) electrons. The summed E-state index contributed by atoms with van der Waals surface area (Å²) in [5.41, 5.74) is 3.32. The number of hydrogen-bond acceptors (Lipinski definition) is 8. The maximum absolute atomic E-state index is 12.1. The fourth-order valence-corrected chi connectivity index (χ4v) is 5.96. The number of benzene rings is 2. The second kappa shape index (κ2) is 11.9. The number of carbonyl (C=O) groups excluding carboxylic acids is 1. The summed E-state index contributed by atoms with van der Waals surface area (Å²) in [5, 5.41) is 4.42. The van der Waals surface area contributed by atoms with Gasteiger partial charge in [-0.1, -0.05) is 11.3 Å². The average molecular weight is 535 g/mol. The summed E-state index contributed by atoms with van der Waals surface area (Å²) in [6.07, 6.45) is 6.07. The lowest BCUT2D eigenvalue weighted by Crippen LogP contribution is -2.43. The molecule has 1 aliphatic heterocycles. The van der Waals surface area contributed by atoms with Crippen molar-refractivity contribution < 1.29 is 19.0 Å². The van der Waals surface area contributed by atoms with Crippen LogP contribution in [0.4, 0.5) is 5.13 Å². The largest absolute Gasteiger partial charge is 0.492 e. The molecular formula is C29H34N4O4S. The Bertz CT molecular complexity index is 1350. The van der Waals surface area contributed by atoms with Crippen LogP contribution in [0.25, 0.3) is 15.9 Å². The Kier molecular flexibility index (Phi) is 8.14. The van der Waals surface area contributed by atoms with Crippen LogP contribution in [-0.2, 0) is 11.3 Å². The van der Waals surface area contributed by atoms with Crippen LogP contribution in [0.15, 0.2) is 54.9 Å². The zero-order valence-corrected chi connectivity index (χ0v) is 22.9. The third kappa shape index (κ3) is 5.49. The highest BCUT2D eigenvalue weighted by atomic mass is 32.1. The molecular weight excluding hydrogens is 500 g/mol. The topological polar surface area (TPSA) is 77.8 Å². The predicted octanol–water partition coefficient (Wildman–Crippen LogP) is 5.43. The number of rotatable bonds is 10. The smallest absolute Gasteiger partial charge is 0.337 e. The molecule has 38 heavy (non-hydrogen) atoms. The number of fused-ring (bicyclic) bond motifs is 1. The van der Waals surface area contributed by atoms with Crippen molar-refractivity contribution in [2.75, 3.05) is 38.3 Å². The number of esters is 1. The lowest BCUT2D eigenvalue weighted by atomic mass is 10.0. The zero-order chi connectivity index (χ0) is 26.5. The van der Waals surface area contributed by atoms with Gasteiger partial charge in [-0.2, -0.15) is 0 Å². The van der Waals surface area contributed by atoms with Crippen LogP contribution in [-0.4, -0.2) is 55.0 Å². The normalized spacial score (nSPS) is 14.0. The Morgan fingerprint density at radius 2 is 1.76 bits per heavy atom. The first-order valence-corrected chi connectivity index (χ1v) is 13.9. The fraction of sp³-hybridized carbons (Fsp3) is 0.379. The first-order valence-electron chi connectivity index (χ1n) is 13.1. The molecule has 0 bridgehead atoms. The molecule has 8 nitrogen and oxygen atoms in total. The highest BCUT2D eigenvalue weighted by molar-refractivity contribution is 7.22. The lowest BCUT2D eigenvalue weighted by Gasteiger charge is -2.35. The van der Waals surface area contributed by atoms with E-state index in [1.807, 2.05) is 55.1 Å². The molecule has 5 rings (SSSR count). The molecule has 1 fully saturated rings. The summed E-state index contributed by atoms with van der Waals surface area (Å²) in [4.78, 5) is 19.5. The van der Waals surface area contributed by atoms with Gasteiger partial charge < -0.3 is 29.0 Å². The molecule has 9 heteroatoms. The number of anilines is 1. The predicted molar refractivity (Wildman–Crippen MR) is 151 cm³/mol. The van der Waals surface area contributed by atoms with E-state index in [2.05, 4.69) is 22.3 Å². The van der Waals surface area contributed by atoms with E-state index in [0.717, 1.165) is 64.0 Å². The van der Waals surface area contributed by atoms with Crippen molar-refractivity contribution in [3.05, 3.63) is 66.0 Å². The average Bonchev–Trinajstić information content (AvgIpc) is 3.62. The third-order valence-electron chi connectivity index (χ3n) is 6.71. The van der Waals surface area contributed by atoms with Gasteiger partial charge in [0.25, 0.3) is 0 Å². The third-order valence-corrected chi connectivity index (χ3v) is 7.78. The van der Waals surface area contributed by atoms with Gasteiger partial charge in [-0.15, -0.1) is 0 Å². The van der Waals surface area contributed by atoms with Crippen LogP contribution in [0.1, 0.15) is 42.6 Å². The number of piperidine rings is 1. The highest BCUT2D eigenvalue weighted by Crippen LogP contribution is 2.38. The molecule has 1 saturated heterocycles. The van der Waals surface area contributed by atoms with E-state index in [1.54, 1.807) is 17.4 Å². The van der Waals surface area contributed by atoms with Gasteiger partial charge in [0.15, 0.2) is 5.13 Å². The van der Waals surface area contributed by atoms with Gasteiger partial charge >= 0.3 is 5.97 Å². The SMILES string of the molecule is CCOc1cc(CN(c2nc3cc(C(=O)OC)ccc3s2)C2CCNCC2)cc(OCC)c1-n1cccc1. The Morgan fingerprint density at radius 3 is 2.39 bits per heavy atom. The highest BCUT2D eigenvalue weighted by Gasteiger charge is 2.26.